The zero-order chi connectivity index (χ0) is 11.4. The van der Waals surface area contributed by atoms with Crippen molar-refractivity contribution in [2.24, 2.45) is 0 Å². The van der Waals surface area contributed by atoms with Crippen molar-refractivity contribution >= 4 is 0 Å². The molecular formula is C13H25NO. The molecule has 0 radical (unpaired) electrons. The molecule has 2 nitrogen and oxygen atoms in total. The SMILES string of the molecule is C#CCCCC(CCOCC)NCCC. The predicted octanol–water partition coefficient (Wildman–Crippen LogP) is 2.58. The molecule has 1 N–H and O–H groups in total. The van der Waals surface area contributed by atoms with Gasteiger partial charge in [-0.2, -0.15) is 0 Å². The van der Waals surface area contributed by atoms with Crippen LogP contribution in [0.4, 0.5) is 0 Å². The van der Waals surface area contributed by atoms with E-state index in [1.807, 2.05) is 6.92 Å². The van der Waals surface area contributed by atoms with Gasteiger partial charge in [0.05, 0.1) is 0 Å². The summed E-state index contributed by atoms with van der Waals surface area (Å²) in [7, 11) is 0. The first-order valence-corrected chi connectivity index (χ1v) is 6.09. The molecule has 0 fully saturated rings. The third kappa shape index (κ3) is 9.78. The molecule has 0 spiro atoms. The van der Waals surface area contributed by atoms with Crippen LogP contribution in [-0.2, 0) is 4.74 Å². The fourth-order valence-corrected chi connectivity index (χ4v) is 1.52. The van der Waals surface area contributed by atoms with E-state index >= 15 is 0 Å². The molecule has 0 aromatic carbocycles. The van der Waals surface area contributed by atoms with Gasteiger partial charge in [0.25, 0.3) is 0 Å². The molecular weight excluding hydrogens is 186 g/mol. The monoisotopic (exact) mass is 211 g/mol. The van der Waals surface area contributed by atoms with E-state index in [0.29, 0.717) is 6.04 Å². The van der Waals surface area contributed by atoms with Crippen LogP contribution in [-0.4, -0.2) is 25.8 Å². The maximum absolute atomic E-state index is 5.37. The molecule has 0 amide bonds. The summed E-state index contributed by atoms with van der Waals surface area (Å²) in [6, 6.07) is 0.574. The van der Waals surface area contributed by atoms with Crippen molar-refractivity contribution < 1.29 is 4.74 Å². The van der Waals surface area contributed by atoms with Crippen LogP contribution in [0, 0.1) is 12.3 Å². The average Bonchev–Trinajstić information content (AvgIpc) is 2.25. The molecule has 0 rings (SSSR count). The molecule has 1 unspecified atom stereocenters. The van der Waals surface area contributed by atoms with Crippen LogP contribution in [0.2, 0.25) is 0 Å². The second-order valence-corrected chi connectivity index (χ2v) is 3.73. The Kier molecular flexibility index (Phi) is 11.2. The minimum atomic E-state index is 0.574. The maximum Gasteiger partial charge on any atom is 0.0480 e. The predicted molar refractivity (Wildman–Crippen MR) is 65.9 cm³/mol. The molecule has 0 aromatic rings. The van der Waals surface area contributed by atoms with E-state index in [9.17, 15) is 0 Å². The lowest BCUT2D eigenvalue weighted by molar-refractivity contribution is 0.135. The second kappa shape index (κ2) is 11.6. The summed E-state index contributed by atoms with van der Waals surface area (Å²) >= 11 is 0. The van der Waals surface area contributed by atoms with Crippen LogP contribution in [0.5, 0.6) is 0 Å². The first-order chi connectivity index (χ1) is 7.35. The molecule has 0 bridgehead atoms. The first-order valence-electron chi connectivity index (χ1n) is 6.09. The Bertz CT molecular complexity index is 162. The number of unbranched alkanes of at least 4 members (excludes halogenated alkanes) is 1. The van der Waals surface area contributed by atoms with Gasteiger partial charge >= 0.3 is 0 Å². The molecule has 0 aliphatic heterocycles. The van der Waals surface area contributed by atoms with Gasteiger partial charge in [-0.05, 0) is 39.2 Å². The van der Waals surface area contributed by atoms with Gasteiger partial charge in [0.1, 0.15) is 0 Å². The van der Waals surface area contributed by atoms with Crippen molar-refractivity contribution in [3.05, 3.63) is 0 Å². The van der Waals surface area contributed by atoms with Gasteiger partial charge in [0, 0.05) is 25.7 Å². The Morgan fingerprint density at radius 3 is 2.73 bits per heavy atom. The van der Waals surface area contributed by atoms with Crippen molar-refractivity contribution in [3.8, 4) is 12.3 Å². The Morgan fingerprint density at radius 2 is 2.13 bits per heavy atom. The molecule has 15 heavy (non-hydrogen) atoms. The van der Waals surface area contributed by atoms with Crippen LogP contribution in [0.1, 0.15) is 46.0 Å². The molecule has 0 saturated carbocycles. The van der Waals surface area contributed by atoms with E-state index in [1.165, 1.54) is 6.42 Å². The van der Waals surface area contributed by atoms with Crippen molar-refractivity contribution in [1.82, 2.24) is 5.32 Å². The van der Waals surface area contributed by atoms with Crippen LogP contribution in [0.3, 0.4) is 0 Å². The van der Waals surface area contributed by atoms with Crippen LogP contribution < -0.4 is 5.32 Å². The molecule has 0 heterocycles. The normalized spacial score (nSPS) is 12.3. The minimum Gasteiger partial charge on any atom is -0.382 e. The van der Waals surface area contributed by atoms with Gasteiger partial charge in [-0.1, -0.05) is 6.92 Å². The zero-order valence-corrected chi connectivity index (χ0v) is 10.2. The molecule has 0 aromatic heterocycles. The highest BCUT2D eigenvalue weighted by molar-refractivity contribution is 4.83. The molecule has 88 valence electrons. The van der Waals surface area contributed by atoms with E-state index in [4.69, 9.17) is 11.2 Å². The van der Waals surface area contributed by atoms with Crippen molar-refractivity contribution in [2.45, 2.75) is 52.0 Å². The highest BCUT2D eigenvalue weighted by Gasteiger charge is 2.06. The summed E-state index contributed by atoms with van der Waals surface area (Å²) < 4.78 is 5.37. The van der Waals surface area contributed by atoms with Gasteiger partial charge in [0.2, 0.25) is 0 Å². The van der Waals surface area contributed by atoms with Crippen molar-refractivity contribution in [1.29, 1.82) is 0 Å². The molecule has 0 saturated heterocycles. The van der Waals surface area contributed by atoms with Crippen LogP contribution in [0.15, 0.2) is 0 Å². The summed E-state index contributed by atoms with van der Waals surface area (Å²) in [4.78, 5) is 0. The topological polar surface area (TPSA) is 21.3 Å². The zero-order valence-electron chi connectivity index (χ0n) is 10.2. The lowest BCUT2D eigenvalue weighted by Gasteiger charge is -2.17. The fraction of sp³-hybridized carbons (Fsp3) is 0.846. The van der Waals surface area contributed by atoms with Gasteiger partial charge in [-0.3, -0.25) is 0 Å². The summed E-state index contributed by atoms with van der Waals surface area (Å²) in [5.74, 6) is 2.69. The van der Waals surface area contributed by atoms with Gasteiger partial charge in [0.15, 0.2) is 0 Å². The van der Waals surface area contributed by atoms with E-state index < -0.39 is 0 Å². The second-order valence-electron chi connectivity index (χ2n) is 3.73. The minimum absolute atomic E-state index is 0.574. The van der Waals surface area contributed by atoms with Crippen molar-refractivity contribution in [3.63, 3.8) is 0 Å². The van der Waals surface area contributed by atoms with E-state index in [-0.39, 0.29) is 0 Å². The third-order valence-electron chi connectivity index (χ3n) is 2.37. The highest BCUT2D eigenvalue weighted by Crippen LogP contribution is 2.05. The number of hydrogen-bond donors (Lipinski definition) is 1. The Hall–Kier alpha value is -0.520. The van der Waals surface area contributed by atoms with E-state index in [0.717, 1.165) is 45.4 Å². The van der Waals surface area contributed by atoms with E-state index in [2.05, 4.69) is 18.2 Å². The number of terminal acetylenes is 1. The Balaban J connectivity index is 3.59. The lowest BCUT2D eigenvalue weighted by atomic mass is 10.1. The van der Waals surface area contributed by atoms with Crippen LogP contribution >= 0.6 is 0 Å². The molecule has 1 atom stereocenters. The fourth-order valence-electron chi connectivity index (χ4n) is 1.52. The number of hydrogen-bond acceptors (Lipinski definition) is 2. The van der Waals surface area contributed by atoms with E-state index in [1.54, 1.807) is 0 Å². The Morgan fingerprint density at radius 1 is 1.33 bits per heavy atom. The summed E-state index contributed by atoms with van der Waals surface area (Å²) in [5.41, 5.74) is 0. The molecule has 0 aliphatic carbocycles. The largest absolute Gasteiger partial charge is 0.382 e. The standard InChI is InChI=1S/C13H25NO/c1-4-7-8-9-13(14-11-5-2)10-12-15-6-3/h1,13-14H,5-12H2,2-3H3. The van der Waals surface area contributed by atoms with Gasteiger partial charge in [-0.25, -0.2) is 0 Å². The van der Waals surface area contributed by atoms with Gasteiger partial charge in [-0.15, -0.1) is 12.3 Å². The summed E-state index contributed by atoms with van der Waals surface area (Å²) in [6.07, 6.45) is 10.7. The number of ether oxygens (including phenoxy) is 1. The average molecular weight is 211 g/mol. The highest BCUT2D eigenvalue weighted by atomic mass is 16.5. The smallest absolute Gasteiger partial charge is 0.0480 e. The van der Waals surface area contributed by atoms with Crippen LogP contribution in [0.25, 0.3) is 0 Å². The maximum atomic E-state index is 5.37. The third-order valence-corrected chi connectivity index (χ3v) is 2.37. The molecule has 2 heteroatoms. The summed E-state index contributed by atoms with van der Waals surface area (Å²) in [6.45, 7) is 6.98. The molecule has 0 aliphatic rings. The Labute approximate surface area is 94.8 Å². The quantitative estimate of drug-likeness (QED) is 0.443. The van der Waals surface area contributed by atoms with Gasteiger partial charge < -0.3 is 10.1 Å². The first kappa shape index (κ1) is 14.5. The number of nitrogens with one attached hydrogen (secondary N) is 1. The number of rotatable bonds is 10. The lowest BCUT2D eigenvalue weighted by Crippen LogP contribution is -2.31. The van der Waals surface area contributed by atoms with Crippen molar-refractivity contribution in [2.75, 3.05) is 19.8 Å². The summed E-state index contributed by atoms with van der Waals surface area (Å²) in [5, 5.41) is 3.54.